The van der Waals surface area contributed by atoms with Gasteiger partial charge in [0, 0.05) is 18.0 Å². The molecule has 0 saturated carbocycles. The van der Waals surface area contributed by atoms with Crippen LogP contribution in [0.3, 0.4) is 0 Å². The molecule has 0 amide bonds. The van der Waals surface area contributed by atoms with Gasteiger partial charge >= 0.3 is 5.97 Å². The van der Waals surface area contributed by atoms with Crippen molar-refractivity contribution in [2.45, 2.75) is 20.0 Å². The third kappa shape index (κ3) is 3.24. The number of phenolic OH excluding ortho intramolecular Hbond substituents is 1. The lowest BCUT2D eigenvalue weighted by Gasteiger charge is -2.09. The van der Waals surface area contributed by atoms with E-state index in [1.165, 1.54) is 6.07 Å². The number of carbonyl (C=O) groups is 1. The molecular formula is C17H15N3O4. The zero-order valence-corrected chi connectivity index (χ0v) is 13.1. The van der Waals surface area contributed by atoms with Crippen LogP contribution in [-0.4, -0.2) is 26.2 Å². The average molecular weight is 325 g/mol. The smallest absolute Gasteiger partial charge is 0.339 e. The maximum absolute atomic E-state index is 12.1. The van der Waals surface area contributed by atoms with Crippen LogP contribution < -0.4 is 0 Å². The summed E-state index contributed by atoms with van der Waals surface area (Å²) in [5.41, 5.74) is 1.63. The topological polar surface area (TPSA) is 98.3 Å². The van der Waals surface area contributed by atoms with Crippen molar-refractivity contribution in [1.82, 2.24) is 15.1 Å². The van der Waals surface area contributed by atoms with Crippen molar-refractivity contribution >= 4 is 5.97 Å². The molecule has 7 nitrogen and oxygen atoms in total. The summed E-state index contributed by atoms with van der Waals surface area (Å²) in [5.74, 6) is 0.000186. The monoisotopic (exact) mass is 325 g/mol. The van der Waals surface area contributed by atoms with Crippen LogP contribution in [-0.2, 0) is 4.74 Å². The molecule has 2 aromatic heterocycles. The lowest BCUT2D eigenvalue weighted by atomic mass is 10.1. The molecule has 1 unspecified atom stereocenters. The maximum Gasteiger partial charge on any atom is 0.339 e. The van der Waals surface area contributed by atoms with Crippen LogP contribution in [0.25, 0.3) is 11.4 Å². The molecule has 0 aliphatic rings. The molecule has 0 saturated heterocycles. The highest BCUT2D eigenvalue weighted by atomic mass is 16.6. The lowest BCUT2D eigenvalue weighted by Crippen LogP contribution is -2.09. The summed E-state index contributed by atoms with van der Waals surface area (Å²) in [4.78, 5) is 20.3. The molecule has 0 spiro atoms. The molecule has 0 aliphatic heterocycles. The van der Waals surface area contributed by atoms with Gasteiger partial charge in [-0.25, -0.2) is 4.79 Å². The molecule has 2 heterocycles. The van der Waals surface area contributed by atoms with Crippen LogP contribution in [0.4, 0.5) is 0 Å². The number of hydrogen-bond donors (Lipinski definition) is 1. The van der Waals surface area contributed by atoms with E-state index in [0.717, 1.165) is 0 Å². The normalized spacial score (nSPS) is 11.9. The Bertz CT molecular complexity index is 861. The van der Waals surface area contributed by atoms with Crippen molar-refractivity contribution in [2.75, 3.05) is 0 Å². The Morgan fingerprint density at radius 3 is 2.88 bits per heavy atom. The predicted molar refractivity (Wildman–Crippen MR) is 84.2 cm³/mol. The Labute approximate surface area is 137 Å². The van der Waals surface area contributed by atoms with Gasteiger partial charge in [-0.05, 0) is 43.7 Å². The number of nitrogens with zero attached hydrogens (tertiary/aromatic N) is 3. The summed E-state index contributed by atoms with van der Waals surface area (Å²) in [7, 11) is 0. The SMILES string of the molecule is Cc1ccc(C(=O)OC(C)c2nc(-c3cccnc3)no2)cc1O. The van der Waals surface area contributed by atoms with Gasteiger partial charge < -0.3 is 14.4 Å². The number of rotatable bonds is 4. The van der Waals surface area contributed by atoms with Crippen molar-refractivity contribution in [3.05, 3.63) is 59.7 Å². The second kappa shape index (κ2) is 6.49. The first-order chi connectivity index (χ1) is 11.5. The molecule has 0 radical (unpaired) electrons. The highest BCUT2D eigenvalue weighted by Crippen LogP contribution is 2.23. The summed E-state index contributed by atoms with van der Waals surface area (Å²) < 4.78 is 10.4. The van der Waals surface area contributed by atoms with Crippen LogP contribution in [0, 0.1) is 6.92 Å². The highest BCUT2D eigenvalue weighted by Gasteiger charge is 2.20. The minimum absolute atomic E-state index is 0.0359. The van der Waals surface area contributed by atoms with E-state index >= 15 is 0 Å². The van der Waals surface area contributed by atoms with Crippen molar-refractivity contribution in [3.63, 3.8) is 0 Å². The molecule has 1 aromatic carbocycles. The molecule has 3 aromatic rings. The van der Waals surface area contributed by atoms with Gasteiger partial charge in [0.15, 0.2) is 6.10 Å². The van der Waals surface area contributed by atoms with E-state index in [1.807, 2.05) is 0 Å². The number of pyridine rings is 1. The van der Waals surface area contributed by atoms with Crippen LogP contribution in [0.15, 0.2) is 47.2 Å². The first-order valence-electron chi connectivity index (χ1n) is 7.29. The molecule has 0 aliphatic carbocycles. The fraction of sp³-hybridized carbons (Fsp3) is 0.176. The van der Waals surface area contributed by atoms with Gasteiger partial charge in [-0.1, -0.05) is 11.2 Å². The first-order valence-corrected chi connectivity index (χ1v) is 7.29. The van der Waals surface area contributed by atoms with Crippen molar-refractivity contribution in [2.24, 2.45) is 0 Å². The van der Waals surface area contributed by atoms with E-state index in [9.17, 15) is 9.90 Å². The summed E-state index contributed by atoms with van der Waals surface area (Å²) in [5, 5.41) is 13.5. The third-order valence-corrected chi connectivity index (χ3v) is 3.44. The molecular weight excluding hydrogens is 310 g/mol. The number of phenols is 1. The van der Waals surface area contributed by atoms with Gasteiger partial charge in [0.05, 0.1) is 5.56 Å². The van der Waals surface area contributed by atoms with E-state index in [2.05, 4.69) is 15.1 Å². The second-order valence-electron chi connectivity index (χ2n) is 5.25. The Morgan fingerprint density at radius 2 is 2.17 bits per heavy atom. The zero-order chi connectivity index (χ0) is 17.1. The average Bonchev–Trinajstić information content (AvgIpc) is 3.08. The maximum atomic E-state index is 12.1. The van der Waals surface area contributed by atoms with Crippen LogP contribution >= 0.6 is 0 Å². The van der Waals surface area contributed by atoms with Gasteiger partial charge in [0.1, 0.15) is 5.75 Å². The molecule has 1 N–H and O–H groups in total. The molecule has 0 bridgehead atoms. The Balaban J connectivity index is 1.73. The zero-order valence-electron chi connectivity index (χ0n) is 13.1. The molecule has 7 heteroatoms. The van der Waals surface area contributed by atoms with Crippen LogP contribution in [0.1, 0.15) is 34.8 Å². The fourth-order valence-corrected chi connectivity index (χ4v) is 2.03. The number of aromatic hydroxyl groups is 1. The summed E-state index contributed by atoms with van der Waals surface area (Å²) in [6.07, 6.45) is 2.53. The number of benzene rings is 1. The molecule has 122 valence electrons. The van der Waals surface area contributed by atoms with Crippen LogP contribution in [0.5, 0.6) is 5.75 Å². The first kappa shape index (κ1) is 15.7. The molecule has 24 heavy (non-hydrogen) atoms. The largest absolute Gasteiger partial charge is 0.508 e. The Hall–Kier alpha value is -3.22. The van der Waals surface area contributed by atoms with E-state index in [1.54, 1.807) is 50.5 Å². The number of hydrogen-bond acceptors (Lipinski definition) is 7. The van der Waals surface area contributed by atoms with Gasteiger partial charge in [-0.2, -0.15) is 4.98 Å². The molecule has 1 atom stereocenters. The van der Waals surface area contributed by atoms with Crippen molar-refractivity contribution < 1.29 is 19.2 Å². The molecule has 0 fully saturated rings. The second-order valence-corrected chi connectivity index (χ2v) is 5.25. The van der Waals surface area contributed by atoms with Crippen molar-refractivity contribution in [3.8, 4) is 17.1 Å². The van der Waals surface area contributed by atoms with Gasteiger partial charge in [-0.3, -0.25) is 4.98 Å². The Morgan fingerprint density at radius 1 is 1.33 bits per heavy atom. The minimum atomic E-state index is -0.723. The minimum Gasteiger partial charge on any atom is -0.508 e. The standard InChI is InChI=1S/C17H15N3O4/c1-10-5-6-12(8-14(10)21)17(22)23-11(2)16-19-15(20-24-16)13-4-3-7-18-9-13/h3-9,11,21H,1-2H3. The van der Waals surface area contributed by atoms with Gasteiger partial charge in [-0.15, -0.1) is 0 Å². The van der Waals surface area contributed by atoms with Gasteiger partial charge in [0.2, 0.25) is 5.82 Å². The highest BCUT2D eigenvalue weighted by molar-refractivity contribution is 5.90. The summed E-state index contributed by atoms with van der Waals surface area (Å²) in [6.45, 7) is 3.37. The summed E-state index contributed by atoms with van der Waals surface area (Å²) in [6, 6.07) is 8.15. The van der Waals surface area contributed by atoms with Crippen LogP contribution in [0.2, 0.25) is 0 Å². The van der Waals surface area contributed by atoms with E-state index < -0.39 is 12.1 Å². The fourth-order valence-electron chi connectivity index (χ4n) is 2.03. The van der Waals surface area contributed by atoms with E-state index in [4.69, 9.17) is 9.26 Å². The van der Waals surface area contributed by atoms with Gasteiger partial charge in [0.25, 0.3) is 5.89 Å². The van der Waals surface area contributed by atoms with Crippen molar-refractivity contribution in [1.29, 1.82) is 0 Å². The number of ether oxygens (including phenoxy) is 1. The predicted octanol–water partition coefficient (Wildman–Crippen LogP) is 3.06. The lowest BCUT2D eigenvalue weighted by molar-refractivity contribution is 0.0265. The third-order valence-electron chi connectivity index (χ3n) is 3.44. The number of carbonyl (C=O) groups excluding carboxylic acids is 1. The van der Waals surface area contributed by atoms with E-state index in [-0.39, 0.29) is 17.2 Å². The number of aryl methyl sites for hydroxylation is 1. The molecule has 3 rings (SSSR count). The van der Waals surface area contributed by atoms with E-state index in [0.29, 0.717) is 17.0 Å². The Kier molecular flexibility index (Phi) is 4.24. The number of aromatic nitrogens is 3. The number of esters is 1. The summed E-state index contributed by atoms with van der Waals surface area (Å²) >= 11 is 0. The quantitative estimate of drug-likeness (QED) is 0.736.